The lowest BCUT2D eigenvalue weighted by molar-refractivity contribution is -0.141. The summed E-state index contributed by atoms with van der Waals surface area (Å²) < 4.78 is 5.44. The molecule has 1 aromatic carbocycles. The summed E-state index contributed by atoms with van der Waals surface area (Å²) in [6, 6.07) is 3.88. The number of carbonyl (C=O) groups is 3. The number of allylic oxidation sites excluding steroid dienone is 1. The highest BCUT2D eigenvalue weighted by Crippen LogP contribution is 2.46. The first-order chi connectivity index (χ1) is 20.0. The number of benzene rings is 1. The number of aromatic hydroxyl groups is 1. The number of nitrogens with zero attached hydrogens (tertiary/aromatic N) is 1. The molecule has 0 bridgehead atoms. The molecule has 3 rings (SSSR count). The van der Waals surface area contributed by atoms with E-state index in [0.29, 0.717) is 49.8 Å². The molecular weight excluding hydrogens is 538 g/mol. The number of hydrogen-bond acceptors (Lipinski definition) is 7. The normalized spacial score (nSPS) is 21.7. The van der Waals surface area contributed by atoms with Crippen LogP contribution in [0.4, 0.5) is 0 Å². The minimum Gasteiger partial charge on any atom is -0.507 e. The molecule has 1 saturated heterocycles. The summed E-state index contributed by atoms with van der Waals surface area (Å²) in [5.74, 6) is -3.19. The van der Waals surface area contributed by atoms with Crippen molar-refractivity contribution in [2.75, 3.05) is 26.9 Å². The van der Waals surface area contributed by atoms with E-state index in [4.69, 9.17) is 9.84 Å². The predicted molar refractivity (Wildman–Crippen MR) is 160 cm³/mol. The number of hydrogen-bond donors (Lipinski definition) is 4. The van der Waals surface area contributed by atoms with Crippen molar-refractivity contribution in [1.82, 2.24) is 4.90 Å². The van der Waals surface area contributed by atoms with Gasteiger partial charge in [0.25, 0.3) is 0 Å². The Kier molecular flexibility index (Phi) is 12.3. The number of unbranched alkanes of at least 4 members (excludes halogenated alkanes) is 2. The third-order valence-corrected chi connectivity index (χ3v) is 8.62. The van der Waals surface area contributed by atoms with Gasteiger partial charge in [-0.1, -0.05) is 31.4 Å². The number of carboxylic acids is 1. The number of fused-ring (bicyclic) bond motifs is 1. The first-order valence-corrected chi connectivity index (χ1v) is 15.1. The Labute approximate surface area is 248 Å². The van der Waals surface area contributed by atoms with E-state index in [-0.39, 0.29) is 38.0 Å². The van der Waals surface area contributed by atoms with Crippen LogP contribution in [0.2, 0.25) is 0 Å². The lowest BCUT2D eigenvalue weighted by atomic mass is 9.68. The van der Waals surface area contributed by atoms with Gasteiger partial charge in [-0.3, -0.25) is 19.3 Å². The van der Waals surface area contributed by atoms with Gasteiger partial charge in [-0.15, -0.1) is 0 Å². The molecule has 1 aliphatic carbocycles. The molecule has 9 heteroatoms. The van der Waals surface area contributed by atoms with Gasteiger partial charge in [0.15, 0.2) is 0 Å². The van der Waals surface area contributed by atoms with E-state index < -0.39 is 29.8 Å². The SMILES string of the molecule is CCC/C(=C\c1cc(C)c(O)c(C)c1)CC[C@@H](O)C1=C(COC)C[C@H]2C(=O)N(CCCCCC(=O)O)C(=O)[C@H]2[C@H]1CO. The van der Waals surface area contributed by atoms with Crippen LogP contribution >= 0.6 is 0 Å². The third kappa shape index (κ3) is 7.88. The second-order valence-corrected chi connectivity index (χ2v) is 11.8. The number of aliphatic carboxylic acids is 1. The predicted octanol–water partition coefficient (Wildman–Crippen LogP) is 4.54. The molecule has 2 aliphatic rings. The van der Waals surface area contributed by atoms with E-state index in [1.165, 1.54) is 4.90 Å². The smallest absolute Gasteiger partial charge is 0.303 e. The van der Waals surface area contributed by atoms with Crippen LogP contribution in [-0.2, 0) is 19.1 Å². The van der Waals surface area contributed by atoms with Crippen molar-refractivity contribution in [1.29, 1.82) is 0 Å². The fourth-order valence-electron chi connectivity index (χ4n) is 6.65. The van der Waals surface area contributed by atoms with Crippen molar-refractivity contribution < 1.29 is 39.5 Å². The number of aliphatic hydroxyl groups is 2. The van der Waals surface area contributed by atoms with Crippen molar-refractivity contribution in [3.8, 4) is 5.75 Å². The molecule has 42 heavy (non-hydrogen) atoms. The van der Waals surface area contributed by atoms with E-state index in [2.05, 4.69) is 13.0 Å². The van der Waals surface area contributed by atoms with Crippen LogP contribution < -0.4 is 0 Å². The summed E-state index contributed by atoms with van der Waals surface area (Å²) in [6.07, 6.45) is 5.92. The van der Waals surface area contributed by atoms with Crippen LogP contribution in [0.3, 0.4) is 0 Å². The fourth-order valence-corrected chi connectivity index (χ4v) is 6.65. The molecule has 4 atom stereocenters. The van der Waals surface area contributed by atoms with E-state index in [0.717, 1.165) is 40.7 Å². The molecule has 0 aromatic heterocycles. The van der Waals surface area contributed by atoms with E-state index in [1.807, 2.05) is 26.0 Å². The number of carbonyl (C=O) groups excluding carboxylic acids is 2. The number of amides is 2. The standard InChI is InChI=1S/C33H47NO8/c1-5-9-22(16-23-14-20(2)31(39)21(3)15-23)11-12-27(36)29-24(19-42-4)17-25-30(26(29)18-35)33(41)34(32(25)40)13-8-6-7-10-28(37)38/h14-16,25-27,30,35-36,39H,5-13,17-19H2,1-4H3,(H,37,38)/b22-16+/t25-,26+,27-,30-/m1/s1. The molecule has 1 aliphatic heterocycles. The molecular formula is C33H47NO8. The van der Waals surface area contributed by atoms with E-state index in [9.17, 15) is 29.7 Å². The maximum absolute atomic E-state index is 13.5. The molecule has 232 valence electrons. The molecule has 1 heterocycles. The first kappa shape index (κ1) is 33.5. The molecule has 0 spiro atoms. The molecule has 4 N–H and O–H groups in total. The minimum atomic E-state index is -0.912. The summed E-state index contributed by atoms with van der Waals surface area (Å²) >= 11 is 0. The van der Waals surface area contributed by atoms with Crippen molar-refractivity contribution in [2.45, 2.75) is 84.7 Å². The quantitative estimate of drug-likeness (QED) is 0.126. The average molecular weight is 586 g/mol. The second kappa shape index (κ2) is 15.5. The highest BCUT2D eigenvalue weighted by molar-refractivity contribution is 6.05. The van der Waals surface area contributed by atoms with Gasteiger partial charge in [0, 0.05) is 26.0 Å². The van der Waals surface area contributed by atoms with E-state index >= 15 is 0 Å². The van der Waals surface area contributed by atoms with Crippen LogP contribution in [0.15, 0.2) is 28.9 Å². The number of rotatable bonds is 16. The van der Waals surface area contributed by atoms with Crippen molar-refractivity contribution in [3.63, 3.8) is 0 Å². The van der Waals surface area contributed by atoms with Gasteiger partial charge in [-0.2, -0.15) is 0 Å². The zero-order valence-corrected chi connectivity index (χ0v) is 25.4. The maximum Gasteiger partial charge on any atom is 0.303 e. The first-order valence-electron chi connectivity index (χ1n) is 15.1. The number of carboxylic acid groups (broad SMARTS) is 1. The van der Waals surface area contributed by atoms with Crippen molar-refractivity contribution in [2.24, 2.45) is 17.8 Å². The third-order valence-electron chi connectivity index (χ3n) is 8.62. The Hall–Kier alpha value is -3.01. The second-order valence-electron chi connectivity index (χ2n) is 11.8. The average Bonchev–Trinajstić information content (AvgIpc) is 3.18. The molecule has 2 amide bonds. The van der Waals surface area contributed by atoms with Gasteiger partial charge < -0.3 is 25.2 Å². The van der Waals surface area contributed by atoms with Gasteiger partial charge in [0.05, 0.1) is 31.2 Å². The highest BCUT2D eigenvalue weighted by Gasteiger charge is 2.54. The summed E-state index contributed by atoms with van der Waals surface area (Å²) in [7, 11) is 1.55. The monoisotopic (exact) mass is 585 g/mol. The number of methoxy groups -OCH3 is 1. The fraction of sp³-hybridized carbons (Fsp3) is 0.606. The number of imide groups is 1. The zero-order valence-electron chi connectivity index (χ0n) is 25.4. The molecule has 0 unspecified atom stereocenters. The summed E-state index contributed by atoms with van der Waals surface area (Å²) in [6.45, 7) is 5.89. The number of phenolic OH excluding ortho intramolecular Hbond substituents is 1. The summed E-state index contributed by atoms with van der Waals surface area (Å²) in [5.41, 5.74) is 5.13. The van der Waals surface area contributed by atoms with E-state index in [1.54, 1.807) is 7.11 Å². The number of ether oxygens (including phenoxy) is 1. The number of phenols is 1. The molecule has 1 fully saturated rings. The Morgan fingerprint density at radius 1 is 1.10 bits per heavy atom. The van der Waals surface area contributed by atoms with Gasteiger partial charge in [-0.25, -0.2) is 0 Å². The lowest BCUT2D eigenvalue weighted by Gasteiger charge is -2.36. The van der Waals surface area contributed by atoms with Crippen LogP contribution in [0.5, 0.6) is 5.75 Å². The van der Waals surface area contributed by atoms with Crippen molar-refractivity contribution in [3.05, 3.63) is 45.5 Å². The highest BCUT2D eigenvalue weighted by atomic mass is 16.5. The van der Waals surface area contributed by atoms with Gasteiger partial charge >= 0.3 is 5.97 Å². The molecule has 1 aromatic rings. The largest absolute Gasteiger partial charge is 0.507 e. The van der Waals surface area contributed by atoms with Gasteiger partial charge in [-0.05, 0) is 92.3 Å². The molecule has 0 radical (unpaired) electrons. The summed E-state index contributed by atoms with van der Waals surface area (Å²) in [5, 5.41) is 41.0. The zero-order chi connectivity index (χ0) is 31.0. The summed E-state index contributed by atoms with van der Waals surface area (Å²) in [4.78, 5) is 38.9. The van der Waals surface area contributed by atoms with Crippen LogP contribution in [0.1, 0.15) is 81.4 Å². The Morgan fingerprint density at radius 3 is 2.38 bits per heavy atom. The maximum atomic E-state index is 13.5. The Morgan fingerprint density at radius 2 is 1.79 bits per heavy atom. The topological polar surface area (TPSA) is 145 Å². The Bertz CT molecular complexity index is 1180. The molecule has 0 saturated carbocycles. The number of aryl methyl sites for hydroxylation is 2. The number of aliphatic hydroxyl groups excluding tert-OH is 2. The molecule has 9 nitrogen and oxygen atoms in total. The van der Waals surface area contributed by atoms with Gasteiger partial charge in [0.1, 0.15) is 5.75 Å². The minimum absolute atomic E-state index is 0.0503. The lowest BCUT2D eigenvalue weighted by Crippen LogP contribution is -2.39. The van der Waals surface area contributed by atoms with Crippen molar-refractivity contribution >= 4 is 23.9 Å². The van der Waals surface area contributed by atoms with Crippen LogP contribution in [-0.4, -0.2) is 76.1 Å². The van der Waals surface area contributed by atoms with Crippen LogP contribution in [0.25, 0.3) is 6.08 Å². The van der Waals surface area contributed by atoms with Gasteiger partial charge in [0.2, 0.25) is 11.8 Å². The van der Waals surface area contributed by atoms with Crippen LogP contribution in [0, 0.1) is 31.6 Å². The number of likely N-dealkylation sites (tertiary alicyclic amines) is 1. The Balaban J connectivity index is 1.79.